The van der Waals surface area contributed by atoms with Crippen molar-refractivity contribution in [2.45, 2.75) is 44.4 Å². The molecule has 2 aliphatic rings. The lowest BCUT2D eigenvalue weighted by atomic mass is 10.1. The number of halogens is 1. The summed E-state index contributed by atoms with van der Waals surface area (Å²) in [5.74, 6) is 0.894. The zero-order valence-corrected chi connectivity index (χ0v) is 13.6. The van der Waals surface area contributed by atoms with Gasteiger partial charge in [0.1, 0.15) is 12.4 Å². The van der Waals surface area contributed by atoms with E-state index in [0.29, 0.717) is 6.61 Å². The molecule has 122 valence electrons. The van der Waals surface area contributed by atoms with Gasteiger partial charge in [0.05, 0.1) is 12.2 Å². The number of ether oxygens (including phenoxy) is 2. The number of hydrogen-bond acceptors (Lipinski definition) is 4. The molecule has 1 aromatic carbocycles. The summed E-state index contributed by atoms with van der Waals surface area (Å²) in [7, 11) is 0. The molecule has 1 aromatic rings. The number of aliphatic hydroxyl groups is 1. The second-order valence-electron chi connectivity index (χ2n) is 6.21. The molecule has 2 aliphatic heterocycles. The summed E-state index contributed by atoms with van der Waals surface area (Å²) in [6, 6.07) is 5.80. The van der Waals surface area contributed by atoms with Crippen molar-refractivity contribution in [2.24, 2.45) is 0 Å². The first-order chi connectivity index (χ1) is 10.7. The molecule has 0 aromatic heterocycles. The van der Waals surface area contributed by atoms with Gasteiger partial charge in [0.2, 0.25) is 0 Å². The van der Waals surface area contributed by atoms with E-state index >= 15 is 0 Å². The maximum atomic E-state index is 9.61. The van der Waals surface area contributed by atoms with Crippen molar-refractivity contribution < 1.29 is 14.6 Å². The van der Waals surface area contributed by atoms with E-state index in [-0.39, 0.29) is 12.2 Å². The number of aliphatic hydroxyl groups excluding tert-OH is 1. The third kappa shape index (κ3) is 4.35. The maximum Gasteiger partial charge on any atom is 0.124 e. The van der Waals surface area contributed by atoms with E-state index < -0.39 is 0 Å². The smallest absolute Gasteiger partial charge is 0.124 e. The zero-order valence-electron chi connectivity index (χ0n) is 12.8. The average Bonchev–Trinajstić information content (AvgIpc) is 3.02. The fraction of sp³-hybridized carbons (Fsp3) is 0.647. The number of rotatable bonds is 5. The van der Waals surface area contributed by atoms with Crippen LogP contribution in [0.15, 0.2) is 18.2 Å². The SMILES string of the molecule is OC1CCN(Cc2cc(Cl)ccc2OCC2CCCO2)CC1. The Bertz CT molecular complexity index is 483. The monoisotopic (exact) mass is 325 g/mol. The number of benzene rings is 1. The van der Waals surface area contributed by atoms with Crippen molar-refractivity contribution in [1.82, 2.24) is 4.90 Å². The Labute approximate surface area is 137 Å². The van der Waals surface area contributed by atoms with Crippen LogP contribution in [0.1, 0.15) is 31.2 Å². The van der Waals surface area contributed by atoms with Crippen LogP contribution in [0.3, 0.4) is 0 Å². The normalized spacial score (nSPS) is 23.8. The maximum absolute atomic E-state index is 9.61. The van der Waals surface area contributed by atoms with Gasteiger partial charge in [-0.2, -0.15) is 0 Å². The van der Waals surface area contributed by atoms with Crippen LogP contribution in [0.25, 0.3) is 0 Å². The highest BCUT2D eigenvalue weighted by molar-refractivity contribution is 6.30. The molecule has 0 spiro atoms. The average molecular weight is 326 g/mol. The summed E-state index contributed by atoms with van der Waals surface area (Å²) >= 11 is 6.15. The van der Waals surface area contributed by atoms with Crippen molar-refractivity contribution in [3.63, 3.8) is 0 Å². The number of likely N-dealkylation sites (tertiary alicyclic amines) is 1. The second-order valence-corrected chi connectivity index (χ2v) is 6.64. The van der Waals surface area contributed by atoms with Crippen LogP contribution in [0, 0.1) is 0 Å². The Morgan fingerprint density at radius 2 is 2.09 bits per heavy atom. The molecule has 22 heavy (non-hydrogen) atoms. The molecule has 4 nitrogen and oxygen atoms in total. The predicted octanol–water partition coefficient (Wildman–Crippen LogP) is 2.85. The quantitative estimate of drug-likeness (QED) is 0.904. The van der Waals surface area contributed by atoms with Crippen LogP contribution in [-0.4, -0.2) is 48.5 Å². The van der Waals surface area contributed by atoms with Gasteiger partial charge in [-0.05, 0) is 43.9 Å². The summed E-state index contributed by atoms with van der Waals surface area (Å²) < 4.78 is 11.6. The zero-order chi connectivity index (χ0) is 15.4. The van der Waals surface area contributed by atoms with Crippen molar-refractivity contribution >= 4 is 11.6 Å². The first-order valence-corrected chi connectivity index (χ1v) is 8.52. The van der Waals surface area contributed by atoms with Gasteiger partial charge in [0.25, 0.3) is 0 Å². The van der Waals surface area contributed by atoms with Gasteiger partial charge in [0, 0.05) is 36.8 Å². The van der Waals surface area contributed by atoms with Crippen molar-refractivity contribution in [3.8, 4) is 5.75 Å². The Morgan fingerprint density at radius 1 is 1.27 bits per heavy atom. The van der Waals surface area contributed by atoms with Crippen LogP contribution in [0.5, 0.6) is 5.75 Å². The van der Waals surface area contributed by atoms with Gasteiger partial charge in [-0.25, -0.2) is 0 Å². The first kappa shape index (κ1) is 16.1. The fourth-order valence-corrected chi connectivity index (χ4v) is 3.28. The van der Waals surface area contributed by atoms with Crippen LogP contribution in [0.2, 0.25) is 5.02 Å². The standard InChI is InChI=1S/C17H24ClNO3/c18-14-3-4-17(22-12-16-2-1-9-21-16)13(10-14)11-19-7-5-15(20)6-8-19/h3-4,10,15-16,20H,1-2,5-9,11-12H2. The van der Waals surface area contributed by atoms with E-state index in [0.717, 1.165) is 68.3 Å². The topological polar surface area (TPSA) is 41.9 Å². The summed E-state index contributed by atoms with van der Waals surface area (Å²) in [5.41, 5.74) is 1.11. The largest absolute Gasteiger partial charge is 0.491 e. The van der Waals surface area contributed by atoms with E-state index in [1.807, 2.05) is 18.2 Å². The molecule has 1 atom stereocenters. The number of hydrogen-bond donors (Lipinski definition) is 1. The third-order valence-corrected chi connectivity index (χ3v) is 4.66. The fourth-order valence-electron chi connectivity index (χ4n) is 3.09. The molecule has 1 N–H and O–H groups in total. The molecule has 0 saturated carbocycles. The highest BCUT2D eigenvalue weighted by atomic mass is 35.5. The number of nitrogens with zero attached hydrogens (tertiary/aromatic N) is 1. The highest BCUT2D eigenvalue weighted by Gasteiger charge is 2.20. The summed E-state index contributed by atoms with van der Waals surface area (Å²) in [6.45, 7) is 4.09. The predicted molar refractivity (Wildman–Crippen MR) is 86.4 cm³/mol. The Hall–Kier alpha value is -0.810. The Balaban J connectivity index is 1.62. The lowest BCUT2D eigenvalue weighted by Crippen LogP contribution is -2.35. The Kier molecular flexibility index (Phi) is 5.58. The minimum atomic E-state index is -0.147. The number of piperidine rings is 1. The van der Waals surface area contributed by atoms with Crippen molar-refractivity contribution in [1.29, 1.82) is 0 Å². The molecule has 2 fully saturated rings. The molecular weight excluding hydrogens is 302 g/mol. The van der Waals surface area contributed by atoms with Gasteiger partial charge in [-0.1, -0.05) is 11.6 Å². The van der Waals surface area contributed by atoms with E-state index in [9.17, 15) is 5.11 Å². The van der Waals surface area contributed by atoms with Crippen LogP contribution in [0.4, 0.5) is 0 Å². The summed E-state index contributed by atoms with van der Waals surface area (Å²) in [4.78, 5) is 2.34. The van der Waals surface area contributed by atoms with E-state index in [1.165, 1.54) is 0 Å². The van der Waals surface area contributed by atoms with Crippen LogP contribution < -0.4 is 4.74 Å². The molecule has 0 amide bonds. The Morgan fingerprint density at radius 3 is 2.82 bits per heavy atom. The van der Waals surface area contributed by atoms with E-state index in [1.54, 1.807) is 0 Å². The third-order valence-electron chi connectivity index (χ3n) is 4.42. The van der Waals surface area contributed by atoms with Gasteiger partial charge in [-0.3, -0.25) is 4.90 Å². The molecule has 0 radical (unpaired) electrons. The minimum Gasteiger partial charge on any atom is -0.491 e. The summed E-state index contributed by atoms with van der Waals surface area (Å²) in [6.07, 6.45) is 3.95. The molecule has 1 unspecified atom stereocenters. The molecule has 5 heteroatoms. The van der Waals surface area contributed by atoms with Gasteiger partial charge >= 0.3 is 0 Å². The minimum absolute atomic E-state index is 0.147. The van der Waals surface area contributed by atoms with Crippen LogP contribution >= 0.6 is 11.6 Å². The van der Waals surface area contributed by atoms with Crippen LogP contribution in [-0.2, 0) is 11.3 Å². The molecule has 3 rings (SSSR count). The van der Waals surface area contributed by atoms with Crippen molar-refractivity contribution in [2.75, 3.05) is 26.3 Å². The summed E-state index contributed by atoms with van der Waals surface area (Å²) in [5, 5.41) is 10.3. The molecular formula is C17H24ClNO3. The van der Waals surface area contributed by atoms with Gasteiger partial charge in [0.15, 0.2) is 0 Å². The van der Waals surface area contributed by atoms with Gasteiger partial charge < -0.3 is 14.6 Å². The molecule has 0 aliphatic carbocycles. The highest BCUT2D eigenvalue weighted by Crippen LogP contribution is 2.26. The second kappa shape index (κ2) is 7.64. The molecule has 2 saturated heterocycles. The van der Waals surface area contributed by atoms with Gasteiger partial charge in [-0.15, -0.1) is 0 Å². The van der Waals surface area contributed by atoms with E-state index in [2.05, 4.69) is 4.90 Å². The lowest BCUT2D eigenvalue weighted by Gasteiger charge is -2.30. The first-order valence-electron chi connectivity index (χ1n) is 8.14. The molecule has 2 heterocycles. The lowest BCUT2D eigenvalue weighted by molar-refractivity contribution is 0.0655. The van der Waals surface area contributed by atoms with E-state index in [4.69, 9.17) is 21.1 Å². The van der Waals surface area contributed by atoms with Crippen molar-refractivity contribution in [3.05, 3.63) is 28.8 Å². The molecule has 0 bridgehead atoms.